The highest BCUT2D eigenvalue weighted by molar-refractivity contribution is 6.11. The molecule has 0 radical (unpaired) electrons. The summed E-state index contributed by atoms with van der Waals surface area (Å²) in [6, 6.07) is 7.96. The Labute approximate surface area is 137 Å². The Balaban J connectivity index is 2.03. The molecule has 2 aromatic rings. The molecule has 2 heterocycles. The number of pyridine rings is 1. The van der Waals surface area contributed by atoms with Crippen molar-refractivity contribution in [3.8, 4) is 0 Å². The van der Waals surface area contributed by atoms with Gasteiger partial charge in [0.1, 0.15) is 0 Å². The molecule has 1 amide bonds. The van der Waals surface area contributed by atoms with Crippen LogP contribution in [0.15, 0.2) is 36.7 Å². The SMILES string of the molecule is CCOCCC1c2cc(C)c(C)cc2C(=O)N1c1cccnc1. The number of amides is 1. The van der Waals surface area contributed by atoms with Crippen molar-refractivity contribution < 1.29 is 9.53 Å². The molecule has 0 saturated heterocycles. The van der Waals surface area contributed by atoms with Crippen LogP contribution in [0.4, 0.5) is 5.69 Å². The number of rotatable bonds is 5. The molecular formula is C19H22N2O2. The van der Waals surface area contributed by atoms with Crippen molar-refractivity contribution in [2.45, 2.75) is 33.2 Å². The maximum absolute atomic E-state index is 13.0. The van der Waals surface area contributed by atoms with Gasteiger partial charge >= 0.3 is 0 Å². The summed E-state index contributed by atoms with van der Waals surface area (Å²) in [6.45, 7) is 7.45. The second kappa shape index (κ2) is 6.50. The van der Waals surface area contributed by atoms with E-state index in [4.69, 9.17) is 4.74 Å². The fraction of sp³-hybridized carbons (Fsp3) is 0.368. The quantitative estimate of drug-likeness (QED) is 0.788. The summed E-state index contributed by atoms with van der Waals surface area (Å²) >= 11 is 0. The van der Waals surface area contributed by atoms with Crippen LogP contribution in [0.1, 0.15) is 46.4 Å². The fourth-order valence-corrected chi connectivity index (χ4v) is 3.13. The predicted molar refractivity (Wildman–Crippen MR) is 90.8 cm³/mol. The van der Waals surface area contributed by atoms with Crippen LogP contribution < -0.4 is 4.90 Å². The van der Waals surface area contributed by atoms with Gasteiger partial charge in [0, 0.05) is 25.0 Å². The molecule has 0 bridgehead atoms. The molecule has 4 heteroatoms. The molecule has 1 aliphatic heterocycles. The van der Waals surface area contributed by atoms with E-state index in [0.29, 0.717) is 13.2 Å². The number of hydrogen-bond donors (Lipinski definition) is 0. The summed E-state index contributed by atoms with van der Waals surface area (Å²) < 4.78 is 5.53. The number of fused-ring (bicyclic) bond motifs is 1. The van der Waals surface area contributed by atoms with Crippen LogP contribution in [0, 0.1) is 13.8 Å². The second-order valence-corrected chi connectivity index (χ2v) is 5.91. The lowest BCUT2D eigenvalue weighted by Gasteiger charge is -2.25. The first-order chi connectivity index (χ1) is 11.1. The van der Waals surface area contributed by atoms with Gasteiger partial charge in [0.2, 0.25) is 0 Å². The number of aromatic nitrogens is 1. The van der Waals surface area contributed by atoms with Gasteiger partial charge in [-0.15, -0.1) is 0 Å². The van der Waals surface area contributed by atoms with E-state index >= 15 is 0 Å². The van der Waals surface area contributed by atoms with Gasteiger partial charge in [0.25, 0.3) is 5.91 Å². The van der Waals surface area contributed by atoms with E-state index in [1.165, 1.54) is 5.56 Å². The molecule has 0 spiro atoms. The third-order valence-corrected chi connectivity index (χ3v) is 4.45. The molecule has 3 rings (SSSR count). The molecule has 1 aliphatic rings. The zero-order chi connectivity index (χ0) is 16.4. The number of hydrogen-bond acceptors (Lipinski definition) is 3. The monoisotopic (exact) mass is 310 g/mol. The molecule has 0 aliphatic carbocycles. The third-order valence-electron chi connectivity index (χ3n) is 4.45. The summed E-state index contributed by atoms with van der Waals surface area (Å²) in [5.74, 6) is 0.0533. The topological polar surface area (TPSA) is 42.4 Å². The zero-order valence-electron chi connectivity index (χ0n) is 13.9. The highest BCUT2D eigenvalue weighted by atomic mass is 16.5. The van der Waals surface area contributed by atoms with Crippen LogP contribution in [-0.2, 0) is 4.74 Å². The third kappa shape index (κ3) is 2.86. The molecule has 1 unspecified atom stereocenters. The van der Waals surface area contributed by atoms with E-state index in [1.807, 2.05) is 36.9 Å². The molecule has 1 aromatic heterocycles. The number of carbonyl (C=O) groups is 1. The number of aryl methyl sites for hydroxylation is 2. The Kier molecular flexibility index (Phi) is 4.44. The second-order valence-electron chi connectivity index (χ2n) is 5.91. The fourth-order valence-electron chi connectivity index (χ4n) is 3.13. The molecule has 0 saturated carbocycles. The maximum Gasteiger partial charge on any atom is 0.259 e. The van der Waals surface area contributed by atoms with Gasteiger partial charge in [-0.05, 0) is 62.1 Å². The summed E-state index contributed by atoms with van der Waals surface area (Å²) in [7, 11) is 0. The van der Waals surface area contributed by atoms with Crippen LogP contribution in [0.25, 0.3) is 0 Å². The minimum atomic E-state index is 0.00699. The minimum absolute atomic E-state index is 0.00699. The molecule has 1 aromatic carbocycles. The van der Waals surface area contributed by atoms with Crippen LogP contribution in [0.3, 0.4) is 0 Å². The average molecular weight is 310 g/mol. The van der Waals surface area contributed by atoms with Gasteiger partial charge in [0.05, 0.1) is 17.9 Å². The number of benzene rings is 1. The number of ether oxygens (including phenoxy) is 1. The van der Waals surface area contributed by atoms with Gasteiger partial charge in [-0.3, -0.25) is 14.7 Å². The lowest BCUT2D eigenvalue weighted by atomic mass is 9.97. The van der Waals surface area contributed by atoms with Crippen molar-refractivity contribution in [1.29, 1.82) is 0 Å². The van der Waals surface area contributed by atoms with Crippen LogP contribution in [-0.4, -0.2) is 24.1 Å². The van der Waals surface area contributed by atoms with Crippen molar-refractivity contribution in [2.24, 2.45) is 0 Å². The Bertz CT molecular complexity index is 713. The highest BCUT2D eigenvalue weighted by Crippen LogP contribution is 2.40. The Hall–Kier alpha value is -2.20. The van der Waals surface area contributed by atoms with Crippen molar-refractivity contribution >= 4 is 11.6 Å². The molecule has 0 fully saturated rings. The maximum atomic E-state index is 13.0. The van der Waals surface area contributed by atoms with Crippen molar-refractivity contribution in [3.63, 3.8) is 0 Å². The first kappa shape index (κ1) is 15.7. The molecule has 4 nitrogen and oxygen atoms in total. The largest absolute Gasteiger partial charge is 0.382 e. The molecule has 23 heavy (non-hydrogen) atoms. The summed E-state index contributed by atoms with van der Waals surface area (Å²) in [6.07, 6.45) is 4.25. The number of nitrogens with zero attached hydrogens (tertiary/aromatic N) is 2. The molecule has 0 N–H and O–H groups in total. The van der Waals surface area contributed by atoms with Crippen molar-refractivity contribution in [1.82, 2.24) is 4.98 Å². The Morgan fingerprint density at radius 3 is 2.74 bits per heavy atom. The van der Waals surface area contributed by atoms with Crippen LogP contribution in [0.5, 0.6) is 0 Å². The predicted octanol–water partition coefficient (Wildman–Crippen LogP) is 3.83. The lowest BCUT2D eigenvalue weighted by Crippen LogP contribution is -2.28. The summed E-state index contributed by atoms with van der Waals surface area (Å²) in [5.41, 5.74) is 5.10. The van der Waals surface area contributed by atoms with E-state index in [1.54, 1.807) is 12.4 Å². The van der Waals surface area contributed by atoms with Crippen molar-refractivity contribution in [2.75, 3.05) is 18.1 Å². The summed E-state index contributed by atoms with van der Waals surface area (Å²) in [5, 5.41) is 0. The van der Waals surface area contributed by atoms with Gasteiger partial charge in [-0.1, -0.05) is 6.07 Å². The normalized spacial score (nSPS) is 16.7. The Morgan fingerprint density at radius 1 is 1.26 bits per heavy atom. The zero-order valence-corrected chi connectivity index (χ0v) is 13.9. The molecule has 120 valence electrons. The Morgan fingerprint density at radius 2 is 2.04 bits per heavy atom. The van der Waals surface area contributed by atoms with Gasteiger partial charge < -0.3 is 4.74 Å². The van der Waals surface area contributed by atoms with E-state index < -0.39 is 0 Å². The standard InChI is InChI=1S/C19H22N2O2/c1-4-23-9-7-18-16-10-13(2)14(3)11-17(16)19(22)21(18)15-6-5-8-20-12-15/h5-6,8,10-12,18H,4,7,9H2,1-3H3. The first-order valence-corrected chi connectivity index (χ1v) is 8.06. The van der Waals surface area contributed by atoms with E-state index in [0.717, 1.165) is 28.8 Å². The van der Waals surface area contributed by atoms with Gasteiger partial charge in [0.15, 0.2) is 0 Å². The molecular weight excluding hydrogens is 288 g/mol. The van der Waals surface area contributed by atoms with Crippen LogP contribution >= 0.6 is 0 Å². The van der Waals surface area contributed by atoms with Crippen LogP contribution in [0.2, 0.25) is 0 Å². The van der Waals surface area contributed by atoms with Gasteiger partial charge in [-0.2, -0.15) is 0 Å². The van der Waals surface area contributed by atoms with Crippen molar-refractivity contribution in [3.05, 3.63) is 58.9 Å². The van der Waals surface area contributed by atoms with E-state index in [2.05, 4.69) is 18.0 Å². The highest BCUT2D eigenvalue weighted by Gasteiger charge is 2.37. The number of anilines is 1. The molecule has 1 atom stereocenters. The average Bonchev–Trinajstić information content (AvgIpc) is 2.81. The van der Waals surface area contributed by atoms with E-state index in [-0.39, 0.29) is 11.9 Å². The minimum Gasteiger partial charge on any atom is -0.382 e. The van der Waals surface area contributed by atoms with E-state index in [9.17, 15) is 4.79 Å². The number of carbonyl (C=O) groups excluding carboxylic acids is 1. The lowest BCUT2D eigenvalue weighted by molar-refractivity contribution is 0.0981. The van der Waals surface area contributed by atoms with Gasteiger partial charge in [-0.25, -0.2) is 0 Å². The first-order valence-electron chi connectivity index (χ1n) is 8.06. The smallest absolute Gasteiger partial charge is 0.259 e. The summed E-state index contributed by atoms with van der Waals surface area (Å²) in [4.78, 5) is 19.0.